The van der Waals surface area contributed by atoms with Crippen molar-refractivity contribution in [3.63, 3.8) is 0 Å². The minimum atomic E-state index is -1.99. The van der Waals surface area contributed by atoms with Gasteiger partial charge in [0.2, 0.25) is 0 Å². The topological polar surface area (TPSA) is 3.24 Å². The van der Waals surface area contributed by atoms with Gasteiger partial charge in [-0.05, 0) is 101 Å². The highest BCUT2D eigenvalue weighted by Crippen LogP contribution is 2.42. The highest BCUT2D eigenvalue weighted by molar-refractivity contribution is 7.05. The van der Waals surface area contributed by atoms with Crippen LogP contribution in [0.15, 0.2) is 152 Å². The Morgan fingerprint density at radius 2 is 0.957 bits per heavy atom. The molecule has 9 rings (SSSR count). The lowest BCUT2D eigenvalue weighted by Crippen LogP contribution is -2.51. The Hall–Kier alpha value is -4.97. The molecule has 47 heavy (non-hydrogen) atoms. The van der Waals surface area contributed by atoms with Gasteiger partial charge in [-0.2, -0.15) is 0 Å². The fourth-order valence-electron chi connectivity index (χ4n) is 8.45. The molecule has 2 heterocycles. The minimum absolute atomic E-state index is 1.20. The maximum atomic E-state index is 2.57. The Kier molecular flexibility index (Phi) is 6.18. The molecule has 0 unspecified atom stereocenters. The maximum absolute atomic E-state index is 2.57. The van der Waals surface area contributed by atoms with Crippen LogP contribution in [0.25, 0.3) is 44.2 Å². The fraction of sp³-hybridized carbons (Fsp3) is 0.0909. The first-order chi connectivity index (χ1) is 22.8. The molecular formula is C44H37NSi2. The summed E-state index contributed by atoms with van der Waals surface area (Å²) in [5.41, 5.74) is 11.9. The molecular weight excluding hydrogens is 599 g/mol. The Bertz CT molecular complexity index is 2370. The van der Waals surface area contributed by atoms with Crippen LogP contribution in [0, 0.1) is 0 Å². The van der Waals surface area contributed by atoms with Crippen molar-refractivity contribution < 1.29 is 0 Å². The van der Waals surface area contributed by atoms with Crippen LogP contribution in [0.5, 0.6) is 0 Å². The van der Waals surface area contributed by atoms with Crippen LogP contribution in [0.3, 0.4) is 0 Å². The SMILES string of the molecule is C[Si]1(C)c2ccccc2-c2ccc(N(c3ccc4cc(-c5ccccc5)ccc4c3)c3cccc4c3[Si](C)(C)c3ccccc3-4)cc21. The van der Waals surface area contributed by atoms with Gasteiger partial charge in [0.05, 0.1) is 0 Å². The van der Waals surface area contributed by atoms with Crippen molar-refractivity contribution in [2.75, 3.05) is 4.90 Å². The zero-order valence-corrected chi connectivity index (χ0v) is 29.4. The van der Waals surface area contributed by atoms with E-state index in [0.717, 1.165) is 0 Å². The number of nitrogens with zero attached hydrogens (tertiary/aromatic N) is 1. The predicted molar refractivity (Wildman–Crippen MR) is 208 cm³/mol. The number of hydrogen-bond donors (Lipinski definition) is 0. The van der Waals surface area contributed by atoms with E-state index < -0.39 is 16.1 Å². The molecule has 0 atom stereocenters. The van der Waals surface area contributed by atoms with Crippen molar-refractivity contribution in [1.82, 2.24) is 0 Å². The molecule has 0 fully saturated rings. The van der Waals surface area contributed by atoms with Crippen molar-refractivity contribution >= 4 is 64.7 Å². The summed E-state index contributed by atoms with van der Waals surface area (Å²) in [6.07, 6.45) is 0. The van der Waals surface area contributed by atoms with Crippen LogP contribution in [0.1, 0.15) is 0 Å². The van der Waals surface area contributed by atoms with Gasteiger partial charge in [0, 0.05) is 17.1 Å². The number of fused-ring (bicyclic) bond motifs is 7. The van der Waals surface area contributed by atoms with Gasteiger partial charge in [-0.25, -0.2) is 0 Å². The van der Waals surface area contributed by atoms with Crippen molar-refractivity contribution in [2.24, 2.45) is 0 Å². The van der Waals surface area contributed by atoms with Gasteiger partial charge in [0.15, 0.2) is 0 Å². The van der Waals surface area contributed by atoms with E-state index in [0.29, 0.717) is 0 Å². The number of hydrogen-bond acceptors (Lipinski definition) is 1. The van der Waals surface area contributed by atoms with Gasteiger partial charge in [-0.1, -0.05) is 141 Å². The van der Waals surface area contributed by atoms with Gasteiger partial charge in [-0.15, -0.1) is 0 Å². The van der Waals surface area contributed by atoms with E-state index >= 15 is 0 Å². The molecule has 0 saturated carbocycles. The first-order valence-electron chi connectivity index (χ1n) is 16.7. The number of benzene rings is 7. The summed E-state index contributed by atoms with van der Waals surface area (Å²) in [6, 6.07) is 57.1. The second-order valence-corrected chi connectivity index (χ2v) is 22.8. The molecule has 0 bridgehead atoms. The smallest absolute Gasteiger partial charge is 0.116 e. The molecule has 0 N–H and O–H groups in total. The van der Waals surface area contributed by atoms with Gasteiger partial charge >= 0.3 is 0 Å². The average Bonchev–Trinajstić information content (AvgIpc) is 3.48. The Morgan fingerprint density at radius 1 is 0.383 bits per heavy atom. The van der Waals surface area contributed by atoms with Gasteiger partial charge in [0.1, 0.15) is 16.1 Å². The summed E-state index contributed by atoms with van der Waals surface area (Å²) in [5.74, 6) is 0. The summed E-state index contributed by atoms with van der Waals surface area (Å²) in [5, 5.41) is 8.65. The van der Waals surface area contributed by atoms with Crippen LogP contribution in [-0.2, 0) is 0 Å². The van der Waals surface area contributed by atoms with E-state index in [9.17, 15) is 0 Å². The summed E-state index contributed by atoms with van der Waals surface area (Å²) in [4.78, 5) is 2.57. The first kappa shape index (κ1) is 28.3. The second kappa shape index (κ2) is 10.3. The third kappa shape index (κ3) is 4.20. The van der Waals surface area contributed by atoms with Gasteiger partial charge in [0.25, 0.3) is 0 Å². The lowest BCUT2D eigenvalue weighted by molar-refractivity contribution is 1.30. The second-order valence-electron chi connectivity index (χ2n) is 14.2. The van der Waals surface area contributed by atoms with Gasteiger partial charge < -0.3 is 4.90 Å². The third-order valence-corrected chi connectivity index (χ3v) is 17.9. The molecule has 226 valence electrons. The first-order valence-corrected chi connectivity index (χ1v) is 22.7. The summed E-state index contributed by atoms with van der Waals surface area (Å²) in [7, 11) is -3.85. The Balaban J connectivity index is 1.26. The molecule has 0 saturated heterocycles. The molecule has 0 aromatic heterocycles. The van der Waals surface area contributed by atoms with Crippen molar-refractivity contribution in [3.8, 4) is 33.4 Å². The van der Waals surface area contributed by atoms with E-state index in [1.165, 1.54) is 76.8 Å². The zero-order chi connectivity index (χ0) is 31.9. The largest absolute Gasteiger partial charge is 0.311 e. The zero-order valence-electron chi connectivity index (χ0n) is 27.4. The summed E-state index contributed by atoms with van der Waals surface area (Å²) in [6.45, 7) is 10.1. The minimum Gasteiger partial charge on any atom is -0.311 e. The van der Waals surface area contributed by atoms with Crippen molar-refractivity contribution in [3.05, 3.63) is 152 Å². The summed E-state index contributed by atoms with van der Waals surface area (Å²) < 4.78 is 0. The van der Waals surface area contributed by atoms with Crippen LogP contribution >= 0.6 is 0 Å². The molecule has 0 radical (unpaired) electrons. The van der Waals surface area contributed by atoms with E-state index in [1.807, 2.05) is 0 Å². The highest BCUT2D eigenvalue weighted by atomic mass is 28.3. The monoisotopic (exact) mass is 635 g/mol. The fourth-order valence-corrected chi connectivity index (χ4v) is 14.9. The van der Waals surface area contributed by atoms with Gasteiger partial charge in [-0.3, -0.25) is 0 Å². The summed E-state index contributed by atoms with van der Waals surface area (Å²) >= 11 is 0. The molecule has 0 spiro atoms. The normalized spacial score (nSPS) is 14.7. The highest BCUT2D eigenvalue weighted by Gasteiger charge is 2.41. The van der Waals surface area contributed by atoms with Crippen LogP contribution in [0.2, 0.25) is 26.2 Å². The van der Waals surface area contributed by atoms with Crippen molar-refractivity contribution in [2.45, 2.75) is 26.2 Å². The molecule has 1 nitrogen and oxygen atoms in total. The Morgan fingerprint density at radius 3 is 1.74 bits per heavy atom. The third-order valence-electron chi connectivity index (χ3n) is 10.8. The molecule has 7 aromatic carbocycles. The van der Waals surface area contributed by atoms with E-state index in [1.54, 1.807) is 5.19 Å². The van der Waals surface area contributed by atoms with Crippen LogP contribution in [0.4, 0.5) is 17.1 Å². The molecule has 3 heteroatoms. The molecule has 2 aliphatic rings. The van der Waals surface area contributed by atoms with Crippen LogP contribution in [-0.4, -0.2) is 16.1 Å². The quantitative estimate of drug-likeness (QED) is 0.174. The van der Waals surface area contributed by atoms with Crippen LogP contribution < -0.4 is 25.6 Å². The number of anilines is 3. The lowest BCUT2D eigenvalue weighted by atomic mass is 10.00. The number of rotatable bonds is 4. The lowest BCUT2D eigenvalue weighted by Gasteiger charge is -2.32. The standard InChI is InChI=1S/C44H37NSi2/c1-46(2)41-19-10-8-15-36(41)38-26-25-35(29-43(38)46)45(40-18-12-17-39-37-16-9-11-20-42(37)47(3,4)44(39)40)34-24-23-32-27-31(21-22-33(32)28-34)30-13-6-5-7-14-30/h5-29H,1-4H3. The van der Waals surface area contributed by atoms with E-state index in [-0.39, 0.29) is 0 Å². The Labute approximate surface area is 279 Å². The van der Waals surface area contributed by atoms with E-state index in [4.69, 9.17) is 0 Å². The molecule has 2 aliphatic heterocycles. The molecule has 0 aliphatic carbocycles. The van der Waals surface area contributed by atoms with Crippen molar-refractivity contribution in [1.29, 1.82) is 0 Å². The maximum Gasteiger partial charge on any atom is 0.116 e. The molecule has 7 aromatic rings. The molecule has 0 amide bonds. The average molecular weight is 636 g/mol. The van der Waals surface area contributed by atoms with E-state index in [2.05, 4.69) is 183 Å². The predicted octanol–water partition coefficient (Wildman–Crippen LogP) is 9.58.